The normalized spacial score (nSPS) is 17.1. The maximum absolute atomic E-state index is 14.2. The van der Waals surface area contributed by atoms with Gasteiger partial charge in [0.05, 0.1) is 23.3 Å². The van der Waals surface area contributed by atoms with Crippen molar-refractivity contribution in [2.45, 2.75) is 32.2 Å². The van der Waals surface area contributed by atoms with Crippen LogP contribution in [-0.4, -0.2) is 75.9 Å². The van der Waals surface area contributed by atoms with Crippen LogP contribution in [0.5, 0.6) is 5.75 Å². The second kappa shape index (κ2) is 14.2. The number of anilines is 1. The van der Waals surface area contributed by atoms with Crippen LogP contribution in [0.4, 0.5) is 5.82 Å². The number of piperidine rings is 1. The number of hydrogen-bond acceptors (Lipinski definition) is 8. The first kappa shape index (κ1) is 30.7. The molecule has 0 aliphatic carbocycles. The van der Waals surface area contributed by atoms with E-state index in [-0.39, 0.29) is 17.2 Å². The number of amides is 2. The molecular weight excluding hydrogens is 578 g/mol. The van der Waals surface area contributed by atoms with Crippen LogP contribution in [0.1, 0.15) is 57.5 Å². The molecule has 2 aromatic carbocycles. The number of nitriles is 1. The molecule has 0 bridgehead atoms. The number of aromatic nitrogens is 3. The number of nitrogens with zero attached hydrogens (tertiary/aromatic N) is 7. The Morgan fingerprint density at radius 3 is 2.37 bits per heavy atom. The van der Waals surface area contributed by atoms with E-state index in [1.54, 1.807) is 24.7 Å². The van der Waals surface area contributed by atoms with Crippen molar-refractivity contribution in [2.24, 2.45) is 5.41 Å². The average molecular weight is 616 g/mol. The topological polar surface area (TPSA) is 116 Å². The second-order valence-electron chi connectivity index (χ2n) is 12.0. The third kappa shape index (κ3) is 7.15. The van der Waals surface area contributed by atoms with Gasteiger partial charge in [-0.3, -0.25) is 9.59 Å². The Labute approximate surface area is 269 Å². The quantitative estimate of drug-likeness (QED) is 0.316. The highest BCUT2D eigenvalue weighted by molar-refractivity contribution is 5.97. The SMILES string of the molecule is N#Cc1ccc(N2CCCC3(CCN(C(=O)c4cncnc4)CC3)COc3ccccc3C(=O)N(Cc3ccccc3)CC2)nc1. The highest BCUT2D eigenvalue weighted by atomic mass is 16.5. The molecule has 2 aliphatic rings. The molecule has 0 unspecified atom stereocenters. The van der Waals surface area contributed by atoms with Gasteiger partial charge in [0.15, 0.2) is 0 Å². The summed E-state index contributed by atoms with van der Waals surface area (Å²) in [6, 6.07) is 23.3. The molecular formula is C36H37N7O3. The molecule has 2 aromatic heterocycles. The van der Waals surface area contributed by atoms with Gasteiger partial charge in [-0.1, -0.05) is 42.5 Å². The zero-order chi connectivity index (χ0) is 31.8. The number of fused-ring (bicyclic) bond motifs is 1. The summed E-state index contributed by atoms with van der Waals surface area (Å²) in [5, 5.41) is 9.33. The molecule has 0 saturated carbocycles. The van der Waals surface area contributed by atoms with Crippen LogP contribution in [-0.2, 0) is 6.54 Å². The van der Waals surface area contributed by atoms with E-state index in [0.29, 0.717) is 61.8 Å². The number of para-hydroxylation sites is 1. The number of carbonyl (C=O) groups is 2. The molecule has 4 heterocycles. The predicted octanol–water partition coefficient (Wildman–Crippen LogP) is 4.99. The number of hydrogen-bond donors (Lipinski definition) is 0. The molecule has 1 saturated heterocycles. The zero-order valence-electron chi connectivity index (χ0n) is 25.8. The van der Waals surface area contributed by atoms with Gasteiger partial charge in [-0.15, -0.1) is 0 Å². The van der Waals surface area contributed by atoms with Gasteiger partial charge < -0.3 is 19.4 Å². The van der Waals surface area contributed by atoms with E-state index in [4.69, 9.17) is 4.74 Å². The first-order valence-corrected chi connectivity index (χ1v) is 15.7. The van der Waals surface area contributed by atoms with Gasteiger partial charge in [-0.2, -0.15) is 5.26 Å². The molecule has 0 radical (unpaired) electrons. The van der Waals surface area contributed by atoms with Crippen molar-refractivity contribution >= 4 is 17.6 Å². The van der Waals surface area contributed by atoms with Crippen LogP contribution >= 0.6 is 0 Å². The van der Waals surface area contributed by atoms with Gasteiger partial charge in [0.1, 0.15) is 24.0 Å². The summed E-state index contributed by atoms with van der Waals surface area (Å²) in [7, 11) is 0. The molecule has 1 fully saturated rings. The largest absolute Gasteiger partial charge is 0.492 e. The van der Waals surface area contributed by atoms with Crippen LogP contribution in [0.15, 0.2) is 91.6 Å². The number of likely N-dealkylation sites (tertiary alicyclic amines) is 1. The summed E-state index contributed by atoms with van der Waals surface area (Å²) >= 11 is 0. The monoisotopic (exact) mass is 615 g/mol. The first-order chi connectivity index (χ1) is 22.5. The number of pyridine rings is 1. The maximum atomic E-state index is 14.2. The molecule has 4 aromatic rings. The molecule has 6 rings (SSSR count). The first-order valence-electron chi connectivity index (χ1n) is 15.7. The summed E-state index contributed by atoms with van der Waals surface area (Å²) in [6.07, 6.45) is 9.45. The van der Waals surface area contributed by atoms with Crippen LogP contribution in [0, 0.1) is 16.7 Å². The Bertz CT molecular complexity index is 1670. The van der Waals surface area contributed by atoms with Crippen molar-refractivity contribution in [2.75, 3.05) is 44.2 Å². The van der Waals surface area contributed by atoms with Gasteiger partial charge in [0, 0.05) is 63.3 Å². The Morgan fingerprint density at radius 2 is 1.63 bits per heavy atom. The number of carbonyl (C=O) groups excluding carboxylic acids is 2. The van der Waals surface area contributed by atoms with Crippen molar-refractivity contribution < 1.29 is 14.3 Å². The minimum Gasteiger partial charge on any atom is -0.492 e. The highest BCUT2D eigenvalue weighted by Gasteiger charge is 2.37. The summed E-state index contributed by atoms with van der Waals surface area (Å²) in [5.41, 5.74) is 2.40. The highest BCUT2D eigenvalue weighted by Crippen LogP contribution is 2.38. The van der Waals surface area contributed by atoms with Crippen molar-refractivity contribution in [1.29, 1.82) is 5.26 Å². The van der Waals surface area contributed by atoms with Gasteiger partial charge in [0.25, 0.3) is 11.8 Å². The fourth-order valence-corrected chi connectivity index (χ4v) is 6.34. The van der Waals surface area contributed by atoms with Crippen molar-refractivity contribution in [3.63, 3.8) is 0 Å². The smallest absolute Gasteiger partial charge is 0.257 e. The van der Waals surface area contributed by atoms with Crippen LogP contribution in [0.25, 0.3) is 0 Å². The van der Waals surface area contributed by atoms with E-state index >= 15 is 0 Å². The minimum absolute atomic E-state index is 0.0616. The van der Waals surface area contributed by atoms with Gasteiger partial charge in [-0.25, -0.2) is 15.0 Å². The van der Waals surface area contributed by atoms with Crippen LogP contribution in [0.2, 0.25) is 0 Å². The summed E-state index contributed by atoms with van der Waals surface area (Å²) in [6.45, 7) is 3.90. The fraction of sp³-hybridized carbons (Fsp3) is 0.333. The van der Waals surface area contributed by atoms with E-state index in [1.165, 1.54) is 6.33 Å². The van der Waals surface area contributed by atoms with Crippen LogP contribution in [0.3, 0.4) is 0 Å². The molecule has 234 valence electrons. The Morgan fingerprint density at radius 1 is 0.870 bits per heavy atom. The average Bonchev–Trinajstić information content (AvgIpc) is 3.13. The lowest BCUT2D eigenvalue weighted by Crippen LogP contribution is -2.46. The summed E-state index contributed by atoms with van der Waals surface area (Å²) in [5.74, 6) is 1.20. The third-order valence-electron chi connectivity index (χ3n) is 9.05. The molecule has 0 atom stereocenters. The zero-order valence-corrected chi connectivity index (χ0v) is 25.8. The summed E-state index contributed by atoms with van der Waals surface area (Å²) in [4.78, 5) is 46.0. The molecule has 46 heavy (non-hydrogen) atoms. The lowest BCUT2D eigenvalue weighted by atomic mass is 9.75. The van der Waals surface area contributed by atoms with E-state index in [9.17, 15) is 14.9 Å². The fourth-order valence-electron chi connectivity index (χ4n) is 6.34. The lowest BCUT2D eigenvalue weighted by molar-refractivity contribution is 0.0363. The molecule has 10 heteroatoms. The Hall–Kier alpha value is -5.30. The number of benzene rings is 2. The van der Waals surface area contributed by atoms with Gasteiger partial charge in [-0.05, 0) is 55.5 Å². The van der Waals surface area contributed by atoms with Gasteiger partial charge in [0.2, 0.25) is 0 Å². The maximum Gasteiger partial charge on any atom is 0.257 e. The molecule has 2 aliphatic heterocycles. The van der Waals surface area contributed by atoms with Crippen molar-refractivity contribution in [3.8, 4) is 11.8 Å². The van der Waals surface area contributed by atoms with E-state index in [1.807, 2.05) is 70.5 Å². The third-order valence-corrected chi connectivity index (χ3v) is 9.05. The molecule has 0 N–H and O–H groups in total. The van der Waals surface area contributed by atoms with Crippen molar-refractivity contribution in [3.05, 3.63) is 114 Å². The second-order valence-corrected chi connectivity index (χ2v) is 12.0. The van der Waals surface area contributed by atoms with Gasteiger partial charge >= 0.3 is 0 Å². The Balaban J connectivity index is 1.28. The number of rotatable bonds is 4. The standard InChI is InChI=1S/C36H37N7O3/c37-21-29-11-12-33(40-22-29)41-16-6-13-36(14-17-42(18-15-36)34(44)30-23-38-27-39-24-30)26-46-32-10-5-4-9-31(32)35(45)43(20-19-41)25-28-7-2-1-3-8-28/h1-5,7-12,22-24,27H,6,13-20,25-26H2. The minimum atomic E-state index is -0.179. The van der Waals surface area contributed by atoms with Crippen LogP contribution < -0.4 is 9.64 Å². The van der Waals surface area contributed by atoms with E-state index in [2.05, 4.69) is 25.9 Å². The van der Waals surface area contributed by atoms with Crippen molar-refractivity contribution in [1.82, 2.24) is 24.8 Å². The van der Waals surface area contributed by atoms with E-state index in [0.717, 1.165) is 43.6 Å². The molecule has 10 nitrogen and oxygen atoms in total. The Kier molecular flexibility index (Phi) is 9.48. The predicted molar refractivity (Wildman–Crippen MR) is 173 cm³/mol. The lowest BCUT2D eigenvalue weighted by Gasteiger charge is -2.42. The molecule has 2 amide bonds. The van der Waals surface area contributed by atoms with E-state index < -0.39 is 0 Å². The molecule has 1 spiro atoms. The number of ether oxygens (including phenoxy) is 1. The summed E-state index contributed by atoms with van der Waals surface area (Å²) < 4.78 is 6.55.